The molecule has 1 atom stereocenters. The number of allylic oxidation sites excluding steroid dienone is 4. The Labute approximate surface area is 156 Å². The highest BCUT2D eigenvalue weighted by molar-refractivity contribution is 6.70. The average molecular weight is 355 g/mol. The first-order valence-corrected chi connectivity index (χ1v) is 12.9. The molecule has 0 spiro atoms. The van der Waals surface area contributed by atoms with Crippen LogP contribution in [0.5, 0.6) is 0 Å². The van der Waals surface area contributed by atoms with Crippen LogP contribution in [-0.2, 0) is 4.43 Å². The van der Waals surface area contributed by atoms with E-state index in [0.717, 1.165) is 24.2 Å². The van der Waals surface area contributed by atoms with E-state index >= 15 is 0 Å². The first kappa shape index (κ1) is 21.3. The van der Waals surface area contributed by atoms with Crippen LogP contribution in [0.2, 0.25) is 19.6 Å². The van der Waals surface area contributed by atoms with Gasteiger partial charge in [0, 0.05) is 12.0 Å². The van der Waals surface area contributed by atoms with Gasteiger partial charge in [-0.05, 0) is 62.2 Å². The predicted octanol–water partition coefficient (Wildman–Crippen LogP) is 6.94. The lowest BCUT2D eigenvalue weighted by atomic mass is 10.0. The van der Waals surface area contributed by atoms with Gasteiger partial charge in [-0.25, -0.2) is 0 Å². The molecule has 25 heavy (non-hydrogen) atoms. The van der Waals surface area contributed by atoms with Crippen molar-refractivity contribution in [2.24, 2.45) is 5.92 Å². The highest BCUT2D eigenvalue weighted by Crippen LogP contribution is 2.18. The smallest absolute Gasteiger partial charge is 0.241 e. The molecule has 1 nitrogen and oxygen atoms in total. The van der Waals surface area contributed by atoms with E-state index < -0.39 is 8.32 Å². The Bertz CT molecular complexity index is 624. The van der Waals surface area contributed by atoms with Gasteiger partial charge in [0.2, 0.25) is 8.32 Å². The van der Waals surface area contributed by atoms with Crippen molar-refractivity contribution < 1.29 is 4.43 Å². The summed E-state index contributed by atoms with van der Waals surface area (Å²) in [4.78, 5) is 0. The average Bonchev–Trinajstić information content (AvgIpc) is 2.56. The summed E-state index contributed by atoms with van der Waals surface area (Å²) in [7, 11) is -1.55. The van der Waals surface area contributed by atoms with Crippen LogP contribution in [0.15, 0.2) is 53.8 Å². The van der Waals surface area contributed by atoms with Gasteiger partial charge in [0.1, 0.15) is 0 Å². The third-order valence-corrected chi connectivity index (χ3v) is 4.51. The molecule has 0 bridgehead atoms. The summed E-state index contributed by atoms with van der Waals surface area (Å²) >= 11 is 0. The van der Waals surface area contributed by atoms with Crippen molar-refractivity contribution in [2.45, 2.75) is 66.1 Å². The van der Waals surface area contributed by atoms with Crippen LogP contribution < -0.4 is 0 Å². The molecule has 0 amide bonds. The second-order valence-corrected chi connectivity index (χ2v) is 11.9. The van der Waals surface area contributed by atoms with Crippen molar-refractivity contribution in [3.63, 3.8) is 0 Å². The van der Waals surface area contributed by atoms with Crippen molar-refractivity contribution in [3.8, 4) is 11.8 Å². The maximum atomic E-state index is 6.18. The van der Waals surface area contributed by atoms with Crippen molar-refractivity contribution in [2.75, 3.05) is 0 Å². The van der Waals surface area contributed by atoms with E-state index in [0.29, 0.717) is 5.92 Å². The molecule has 2 heteroatoms. The van der Waals surface area contributed by atoms with Crippen molar-refractivity contribution in [1.29, 1.82) is 0 Å². The second-order valence-electron chi connectivity index (χ2n) is 7.47. The normalized spacial score (nSPS) is 13.8. The molecule has 0 aromatic heterocycles. The van der Waals surface area contributed by atoms with Gasteiger partial charge in [0.05, 0.1) is 5.76 Å². The van der Waals surface area contributed by atoms with E-state index in [1.807, 2.05) is 18.2 Å². The highest BCUT2D eigenvalue weighted by Gasteiger charge is 2.17. The van der Waals surface area contributed by atoms with Crippen LogP contribution in [0.3, 0.4) is 0 Å². The lowest BCUT2D eigenvalue weighted by Gasteiger charge is -2.22. The number of benzene rings is 1. The molecule has 0 saturated heterocycles. The van der Waals surface area contributed by atoms with Gasteiger partial charge >= 0.3 is 0 Å². The van der Waals surface area contributed by atoms with E-state index in [1.54, 1.807) is 0 Å². The number of hydrogen-bond donors (Lipinski definition) is 0. The standard InChI is InChI=1S/C23H34OSi/c1-7-9-13-22(17-16-21-14-11-10-12-15-21)18-20(3)19-23(8-2)24-25(4,5)6/h10-12,14-15,18-20H,7-9,13H2,1-6H3/b22-18-,23-19-. The molecular formula is C23H34OSi. The fourth-order valence-corrected chi connectivity index (χ4v) is 3.50. The third-order valence-electron chi connectivity index (χ3n) is 3.64. The zero-order valence-corrected chi connectivity index (χ0v) is 17.9. The molecule has 0 heterocycles. The number of hydrogen-bond acceptors (Lipinski definition) is 1. The Hall–Kier alpha value is -1.72. The lowest BCUT2D eigenvalue weighted by Crippen LogP contribution is -2.24. The summed E-state index contributed by atoms with van der Waals surface area (Å²) in [5.41, 5.74) is 2.31. The molecule has 1 unspecified atom stereocenters. The van der Waals surface area contributed by atoms with E-state index in [4.69, 9.17) is 4.43 Å². The largest absolute Gasteiger partial charge is 0.548 e. The second kappa shape index (κ2) is 11.0. The molecule has 0 aliphatic heterocycles. The molecule has 1 aromatic carbocycles. The van der Waals surface area contributed by atoms with E-state index in [9.17, 15) is 0 Å². The summed E-state index contributed by atoms with van der Waals surface area (Å²) in [5, 5.41) is 0. The molecule has 136 valence electrons. The fourth-order valence-electron chi connectivity index (χ4n) is 2.50. The van der Waals surface area contributed by atoms with Gasteiger partial charge in [0.25, 0.3) is 0 Å². The third kappa shape index (κ3) is 9.99. The fraction of sp³-hybridized carbons (Fsp3) is 0.478. The minimum atomic E-state index is -1.55. The molecule has 0 aliphatic rings. The quantitative estimate of drug-likeness (QED) is 0.279. The van der Waals surface area contributed by atoms with Crippen LogP contribution in [-0.4, -0.2) is 8.32 Å². The molecule has 1 rings (SSSR count). The zero-order chi connectivity index (χ0) is 18.7. The van der Waals surface area contributed by atoms with Crippen LogP contribution in [0.1, 0.15) is 52.0 Å². The van der Waals surface area contributed by atoms with E-state index in [2.05, 4.69) is 76.5 Å². The Balaban J connectivity index is 2.95. The Morgan fingerprint density at radius 3 is 2.36 bits per heavy atom. The summed E-state index contributed by atoms with van der Waals surface area (Å²) in [6.07, 6.45) is 8.92. The summed E-state index contributed by atoms with van der Waals surface area (Å²) in [6, 6.07) is 10.2. The summed E-state index contributed by atoms with van der Waals surface area (Å²) in [6.45, 7) is 13.3. The first-order chi connectivity index (χ1) is 11.8. The van der Waals surface area contributed by atoms with E-state index in [-0.39, 0.29) is 0 Å². The van der Waals surface area contributed by atoms with E-state index in [1.165, 1.54) is 18.4 Å². The monoisotopic (exact) mass is 354 g/mol. The minimum absolute atomic E-state index is 0.336. The number of rotatable bonds is 8. The van der Waals surface area contributed by atoms with Gasteiger partial charge in [-0.3, -0.25) is 0 Å². The van der Waals surface area contributed by atoms with Gasteiger partial charge in [-0.15, -0.1) is 0 Å². The maximum absolute atomic E-state index is 6.18. The first-order valence-electron chi connectivity index (χ1n) is 9.51. The molecule has 0 N–H and O–H groups in total. The number of unbranched alkanes of at least 4 members (excludes halogenated alkanes) is 1. The van der Waals surface area contributed by atoms with Crippen molar-refractivity contribution in [1.82, 2.24) is 0 Å². The topological polar surface area (TPSA) is 9.23 Å². The van der Waals surface area contributed by atoms with Crippen LogP contribution in [0.4, 0.5) is 0 Å². The zero-order valence-electron chi connectivity index (χ0n) is 16.9. The molecular weight excluding hydrogens is 320 g/mol. The minimum Gasteiger partial charge on any atom is -0.548 e. The summed E-state index contributed by atoms with van der Waals surface area (Å²) in [5.74, 6) is 8.15. The molecule has 0 saturated carbocycles. The van der Waals surface area contributed by atoms with Crippen molar-refractivity contribution in [3.05, 3.63) is 59.4 Å². The van der Waals surface area contributed by atoms with Crippen LogP contribution in [0, 0.1) is 17.8 Å². The Morgan fingerprint density at radius 1 is 1.12 bits per heavy atom. The Kier molecular flexibility index (Phi) is 9.38. The molecule has 1 aromatic rings. The van der Waals surface area contributed by atoms with Gasteiger partial charge < -0.3 is 4.43 Å². The predicted molar refractivity (Wildman–Crippen MR) is 113 cm³/mol. The molecule has 0 aliphatic carbocycles. The van der Waals surface area contributed by atoms with Crippen molar-refractivity contribution >= 4 is 8.32 Å². The SMILES string of the molecule is CCCC/C(C#Cc1ccccc1)=C/C(C)/C=C(/CC)O[Si](C)(C)C. The highest BCUT2D eigenvalue weighted by atomic mass is 28.4. The molecule has 0 radical (unpaired) electrons. The van der Waals surface area contributed by atoms with Crippen LogP contribution >= 0.6 is 0 Å². The molecule has 0 fully saturated rings. The maximum Gasteiger partial charge on any atom is 0.241 e. The van der Waals surface area contributed by atoms with Crippen LogP contribution in [0.25, 0.3) is 0 Å². The van der Waals surface area contributed by atoms with Gasteiger partial charge in [0.15, 0.2) is 0 Å². The lowest BCUT2D eigenvalue weighted by molar-refractivity contribution is 0.400. The Morgan fingerprint density at radius 2 is 1.80 bits per heavy atom. The van der Waals surface area contributed by atoms with Gasteiger partial charge in [-0.2, -0.15) is 0 Å². The summed E-state index contributed by atoms with van der Waals surface area (Å²) < 4.78 is 6.18. The van der Waals surface area contributed by atoms with Gasteiger partial charge in [-0.1, -0.05) is 63.3 Å².